The van der Waals surface area contributed by atoms with Gasteiger partial charge in [0.1, 0.15) is 0 Å². The van der Waals surface area contributed by atoms with Gasteiger partial charge in [0.25, 0.3) is 5.91 Å². The molecule has 6 nitrogen and oxygen atoms in total. The number of morpholine rings is 1. The molecule has 1 aromatic carbocycles. The summed E-state index contributed by atoms with van der Waals surface area (Å²) in [7, 11) is -3.66. The molecule has 7 heteroatoms. The Bertz CT molecular complexity index is 708. The fraction of sp³-hybridized carbons (Fsp3) is 0.611. The maximum Gasteiger partial charge on any atom is 0.251 e. The number of benzene rings is 1. The maximum absolute atomic E-state index is 12.9. The first-order chi connectivity index (χ1) is 11.6. The minimum absolute atomic E-state index is 0.00806. The molecule has 1 amide bonds. The molecule has 3 atom stereocenters. The van der Waals surface area contributed by atoms with Crippen molar-refractivity contribution in [1.82, 2.24) is 9.62 Å². The number of nitrogens with zero attached hydrogens (tertiary/aromatic N) is 1. The van der Waals surface area contributed by atoms with Crippen LogP contribution in [0.5, 0.6) is 0 Å². The zero-order valence-corrected chi connectivity index (χ0v) is 16.3. The summed E-state index contributed by atoms with van der Waals surface area (Å²) >= 11 is 0. The van der Waals surface area contributed by atoms with Crippen LogP contribution in [-0.4, -0.2) is 50.0 Å². The van der Waals surface area contributed by atoms with E-state index in [0.29, 0.717) is 24.6 Å². The zero-order chi connectivity index (χ0) is 18.8. The summed E-state index contributed by atoms with van der Waals surface area (Å²) in [5.41, 5.74) is 0.350. The van der Waals surface area contributed by atoms with E-state index in [2.05, 4.69) is 5.32 Å². The van der Waals surface area contributed by atoms with Crippen LogP contribution in [0.3, 0.4) is 0 Å². The third kappa shape index (κ3) is 4.80. The average molecular weight is 368 g/mol. The Morgan fingerprint density at radius 2 is 1.80 bits per heavy atom. The molecule has 0 spiro atoms. The van der Waals surface area contributed by atoms with Gasteiger partial charge in [-0.2, -0.15) is 4.31 Å². The minimum Gasteiger partial charge on any atom is -0.373 e. The lowest BCUT2D eigenvalue weighted by Crippen LogP contribution is -2.48. The molecule has 2 rings (SSSR count). The van der Waals surface area contributed by atoms with Crippen molar-refractivity contribution in [1.29, 1.82) is 0 Å². The normalized spacial score (nSPS) is 23.4. The number of rotatable bonds is 5. The second-order valence-corrected chi connectivity index (χ2v) is 9.05. The van der Waals surface area contributed by atoms with E-state index in [0.717, 1.165) is 0 Å². The lowest BCUT2D eigenvalue weighted by Gasteiger charge is -2.34. The molecular formula is C18H28N2O4S. The Labute approximate surface area is 150 Å². The van der Waals surface area contributed by atoms with Crippen molar-refractivity contribution in [3.63, 3.8) is 0 Å². The Hall–Kier alpha value is -1.44. The Morgan fingerprint density at radius 3 is 2.36 bits per heavy atom. The first-order valence-corrected chi connectivity index (χ1v) is 10.1. The van der Waals surface area contributed by atoms with Gasteiger partial charge >= 0.3 is 0 Å². The maximum atomic E-state index is 12.9. The van der Waals surface area contributed by atoms with Crippen LogP contribution < -0.4 is 5.32 Å². The number of carbonyl (C=O) groups excluding carboxylic acids is 1. The molecule has 0 saturated carbocycles. The summed E-state index contributed by atoms with van der Waals surface area (Å²) in [5.74, 6) is 0.0363. The second-order valence-electron chi connectivity index (χ2n) is 7.11. The molecule has 1 aliphatic rings. The van der Waals surface area contributed by atoms with E-state index < -0.39 is 10.0 Å². The molecule has 25 heavy (non-hydrogen) atoms. The first kappa shape index (κ1) is 19.9. The molecule has 0 radical (unpaired) electrons. The molecule has 0 aromatic heterocycles. The number of hydrogen-bond acceptors (Lipinski definition) is 4. The number of sulfonamides is 1. The Morgan fingerprint density at radius 1 is 1.20 bits per heavy atom. The summed E-state index contributed by atoms with van der Waals surface area (Å²) in [5, 5.41) is 2.90. The molecule has 0 aliphatic carbocycles. The number of ether oxygens (including phenoxy) is 1. The van der Waals surface area contributed by atoms with E-state index in [1.165, 1.54) is 16.4 Å². The van der Waals surface area contributed by atoms with Crippen LogP contribution in [0.1, 0.15) is 45.0 Å². The molecule has 140 valence electrons. The number of amides is 1. The third-order valence-corrected chi connectivity index (χ3v) is 6.31. The summed E-state index contributed by atoms with van der Waals surface area (Å²) in [6.45, 7) is 10.3. The van der Waals surface area contributed by atoms with Crippen LogP contribution in [0.2, 0.25) is 0 Å². The predicted octanol–water partition coefficient (Wildman–Crippen LogP) is 2.26. The van der Waals surface area contributed by atoms with Crippen molar-refractivity contribution < 1.29 is 17.9 Å². The average Bonchev–Trinajstić information content (AvgIpc) is 2.53. The first-order valence-electron chi connectivity index (χ1n) is 8.67. The van der Waals surface area contributed by atoms with Gasteiger partial charge in [0.15, 0.2) is 0 Å². The topological polar surface area (TPSA) is 75.7 Å². The van der Waals surface area contributed by atoms with Gasteiger partial charge in [-0.15, -0.1) is 0 Å². The SMILES string of the molecule is CC(C)[C@@H](C)NC(=O)c1cccc(S(=O)(=O)N2C[C@@H](C)O[C@@H](C)C2)c1. The van der Waals surface area contributed by atoms with E-state index >= 15 is 0 Å². The highest BCUT2D eigenvalue weighted by atomic mass is 32.2. The van der Waals surface area contributed by atoms with Crippen LogP contribution in [0.4, 0.5) is 0 Å². The smallest absolute Gasteiger partial charge is 0.251 e. The van der Waals surface area contributed by atoms with Crippen molar-refractivity contribution >= 4 is 15.9 Å². The standard InChI is InChI=1S/C18H28N2O4S/c1-12(2)15(5)19-18(21)16-7-6-8-17(9-16)25(22,23)20-10-13(3)24-14(4)11-20/h6-9,12-15H,10-11H2,1-5H3,(H,19,21)/t13-,14+,15-/m1/s1. The molecule has 1 N–H and O–H groups in total. The lowest BCUT2D eigenvalue weighted by molar-refractivity contribution is -0.0440. The lowest BCUT2D eigenvalue weighted by atomic mass is 10.1. The van der Waals surface area contributed by atoms with Crippen molar-refractivity contribution in [2.45, 2.75) is 57.8 Å². The van der Waals surface area contributed by atoms with Gasteiger partial charge in [0, 0.05) is 24.7 Å². The van der Waals surface area contributed by atoms with Crippen LogP contribution in [0, 0.1) is 5.92 Å². The molecule has 0 bridgehead atoms. The minimum atomic E-state index is -3.66. The number of carbonyl (C=O) groups is 1. The van der Waals surface area contributed by atoms with Gasteiger partial charge in [0.2, 0.25) is 10.0 Å². The highest BCUT2D eigenvalue weighted by molar-refractivity contribution is 7.89. The van der Waals surface area contributed by atoms with Crippen molar-refractivity contribution in [2.24, 2.45) is 5.92 Å². The molecular weight excluding hydrogens is 340 g/mol. The van der Waals surface area contributed by atoms with Crippen LogP contribution in [0.25, 0.3) is 0 Å². The van der Waals surface area contributed by atoms with Crippen molar-refractivity contribution in [3.05, 3.63) is 29.8 Å². The fourth-order valence-electron chi connectivity index (χ4n) is 2.73. The van der Waals surface area contributed by atoms with E-state index in [1.807, 2.05) is 34.6 Å². The molecule has 1 saturated heterocycles. The zero-order valence-electron chi connectivity index (χ0n) is 15.5. The van der Waals surface area contributed by atoms with Gasteiger partial charge in [-0.1, -0.05) is 19.9 Å². The van der Waals surface area contributed by atoms with Crippen molar-refractivity contribution in [3.8, 4) is 0 Å². The van der Waals surface area contributed by atoms with Gasteiger partial charge in [-0.05, 0) is 44.9 Å². The highest BCUT2D eigenvalue weighted by Crippen LogP contribution is 2.22. The number of hydrogen-bond donors (Lipinski definition) is 1. The largest absolute Gasteiger partial charge is 0.373 e. The van der Waals surface area contributed by atoms with Crippen LogP contribution in [0.15, 0.2) is 29.2 Å². The predicted molar refractivity (Wildman–Crippen MR) is 97.0 cm³/mol. The Balaban J connectivity index is 2.23. The van der Waals surface area contributed by atoms with Gasteiger partial charge in [0.05, 0.1) is 17.1 Å². The van der Waals surface area contributed by atoms with Crippen molar-refractivity contribution in [2.75, 3.05) is 13.1 Å². The van der Waals surface area contributed by atoms with E-state index in [1.54, 1.807) is 12.1 Å². The Kier molecular flexibility index (Phi) is 6.24. The van der Waals surface area contributed by atoms with E-state index in [4.69, 9.17) is 4.74 Å². The fourth-order valence-corrected chi connectivity index (χ4v) is 4.37. The van der Waals surface area contributed by atoms with Crippen LogP contribution in [-0.2, 0) is 14.8 Å². The quantitative estimate of drug-likeness (QED) is 0.865. The van der Waals surface area contributed by atoms with Gasteiger partial charge in [-0.3, -0.25) is 4.79 Å². The summed E-state index contributed by atoms with van der Waals surface area (Å²) < 4.78 is 32.9. The molecule has 1 aliphatic heterocycles. The summed E-state index contributed by atoms with van der Waals surface area (Å²) in [6, 6.07) is 6.22. The summed E-state index contributed by atoms with van der Waals surface area (Å²) in [4.78, 5) is 12.5. The highest BCUT2D eigenvalue weighted by Gasteiger charge is 2.32. The molecule has 1 heterocycles. The van der Waals surface area contributed by atoms with E-state index in [9.17, 15) is 13.2 Å². The van der Waals surface area contributed by atoms with E-state index in [-0.39, 0.29) is 29.1 Å². The third-order valence-electron chi connectivity index (χ3n) is 4.48. The molecule has 1 aromatic rings. The summed E-state index contributed by atoms with van der Waals surface area (Å²) in [6.07, 6.45) is -0.311. The molecule has 1 fully saturated rings. The van der Waals surface area contributed by atoms with Crippen LogP contribution >= 0.6 is 0 Å². The monoisotopic (exact) mass is 368 g/mol. The number of nitrogens with one attached hydrogen (secondary N) is 1. The molecule has 0 unspecified atom stereocenters. The van der Waals surface area contributed by atoms with Gasteiger partial charge in [-0.25, -0.2) is 8.42 Å². The van der Waals surface area contributed by atoms with Gasteiger partial charge < -0.3 is 10.1 Å². The second kappa shape index (κ2) is 7.85.